The molecule has 0 bridgehead atoms. The molecular formula is C25H32Cl2N4O3S2. The third kappa shape index (κ3) is 6.38. The molecule has 2 aromatic carbocycles. The molecule has 0 saturated carbocycles. The number of halogens is 2. The van der Waals surface area contributed by atoms with Crippen LogP contribution in [0, 0.1) is 0 Å². The third-order valence-electron chi connectivity index (χ3n) is 6.40. The van der Waals surface area contributed by atoms with Crippen LogP contribution in [0.5, 0.6) is 0 Å². The van der Waals surface area contributed by atoms with E-state index in [4.69, 9.17) is 16.6 Å². The fraction of sp³-hybridized carbons (Fsp3) is 0.440. The molecule has 11 heteroatoms. The Morgan fingerprint density at radius 3 is 2.33 bits per heavy atom. The van der Waals surface area contributed by atoms with E-state index in [0.717, 1.165) is 42.6 Å². The summed E-state index contributed by atoms with van der Waals surface area (Å²) in [4.78, 5) is 22.5. The van der Waals surface area contributed by atoms with Gasteiger partial charge in [0.25, 0.3) is 5.91 Å². The Morgan fingerprint density at radius 1 is 1.03 bits per heavy atom. The number of sulfonamides is 1. The number of benzene rings is 2. The number of anilines is 1. The van der Waals surface area contributed by atoms with Crippen molar-refractivity contribution >= 4 is 66.6 Å². The molecule has 1 fully saturated rings. The summed E-state index contributed by atoms with van der Waals surface area (Å²) in [5.74, 6) is -0.204. The normalized spacial score (nSPS) is 14.7. The molecule has 1 aliphatic heterocycles. The van der Waals surface area contributed by atoms with Gasteiger partial charge in [-0.2, -0.15) is 4.31 Å². The van der Waals surface area contributed by atoms with Crippen molar-refractivity contribution in [3.8, 4) is 0 Å². The fourth-order valence-electron chi connectivity index (χ4n) is 4.25. The lowest BCUT2D eigenvalue weighted by Gasteiger charge is -2.26. The standard InChI is InChI=1S/C25H31ClN4O3S2.ClH/c1-3-28(4-2)16-17-30(25-27-22-13-10-20(26)18-23(22)34-25)24(31)19-8-11-21(12-9-19)35(32,33)29-14-6-5-7-15-29;/h8-13,18H,3-7,14-17H2,1-2H3;1H. The number of amides is 1. The summed E-state index contributed by atoms with van der Waals surface area (Å²) in [6.45, 7) is 8.23. The number of aromatic nitrogens is 1. The van der Waals surface area contributed by atoms with Gasteiger partial charge in [-0.3, -0.25) is 9.69 Å². The Labute approximate surface area is 228 Å². The first-order chi connectivity index (χ1) is 16.8. The zero-order chi connectivity index (χ0) is 25.0. The predicted octanol–water partition coefficient (Wildman–Crippen LogP) is 5.53. The van der Waals surface area contributed by atoms with Crippen molar-refractivity contribution in [2.24, 2.45) is 0 Å². The van der Waals surface area contributed by atoms with E-state index in [-0.39, 0.29) is 23.2 Å². The van der Waals surface area contributed by atoms with Gasteiger partial charge in [-0.1, -0.05) is 43.2 Å². The molecule has 1 aliphatic rings. The molecule has 0 aliphatic carbocycles. The van der Waals surface area contributed by atoms with Crippen LogP contribution >= 0.6 is 35.3 Å². The molecule has 2 heterocycles. The van der Waals surface area contributed by atoms with Crippen LogP contribution in [0.2, 0.25) is 5.02 Å². The van der Waals surface area contributed by atoms with Gasteiger partial charge in [0.2, 0.25) is 10.0 Å². The average molecular weight is 572 g/mol. The lowest BCUT2D eigenvalue weighted by atomic mass is 10.2. The highest BCUT2D eigenvalue weighted by Gasteiger charge is 2.27. The first-order valence-corrected chi connectivity index (χ1v) is 14.7. The molecule has 1 amide bonds. The maximum Gasteiger partial charge on any atom is 0.260 e. The van der Waals surface area contributed by atoms with E-state index in [1.54, 1.807) is 23.1 Å². The molecule has 0 N–H and O–H groups in total. The summed E-state index contributed by atoms with van der Waals surface area (Å²) in [6.07, 6.45) is 2.82. The largest absolute Gasteiger partial charge is 0.302 e. The number of likely N-dealkylation sites (N-methyl/N-ethyl adjacent to an activating group) is 1. The van der Waals surface area contributed by atoms with Crippen LogP contribution in [0.25, 0.3) is 10.2 Å². The number of fused-ring (bicyclic) bond motifs is 1. The highest BCUT2D eigenvalue weighted by molar-refractivity contribution is 7.89. The van der Waals surface area contributed by atoms with Gasteiger partial charge in [0, 0.05) is 36.8 Å². The highest BCUT2D eigenvalue weighted by atomic mass is 35.5. The summed E-state index contributed by atoms with van der Waals surface area (Å²) >= 11 is 7.58. The topological polar surface area (TPSA) is 73.8 Å². The maximum atomic E-state index is 13.6. The minimum atomic E-state index is -3.55. The zero-order valence-electron chi connectivity index (χ0n) is 20.5. The van der Waals surface area contributed by atoms with E-state index in [2.05, 4.69) is 18.7 Å². The van der Waals surface area contributed by atoms with E-state index < -0.39 is 10.0 Å². The Kier molecular flexibility index (Phi) is 10.1. The molecule has 196 valence electrons. The molecule has 36 heavy (non-hydrogen) atoms. The van der Waals surface area contributed by atoms with Gasteiger partial charge in [-0.05, 0) is 68.4 Å². The summed E-state index contributed by atoms with van der Waals surface area (Å²) in [5.41, 5.74) is 1.22. The summed E-state index contributed by atoms with van der Waals surface area (Å²) < 4.78 is 28.5. The average Bonchev–Trinajstić information content (AvgIpc) is 3.29. The molecule has 1 aromatic heterocycles. The predicted molar refractivity (Wildman–Crippen MR) is 150 cm³/mol. The molecule has 0 spiro atoms. The van der Waals surface area contributed by atoms with E-state index >= 15 is 0 Å². The first-order valence-electron chi connectivity index (χ1n) is 12.0. The lowest BCUT2D eigenvalue weighted by molar-refractivity contribution is 0.0983. The second kappa shape index (κ2) is 12.7. The Balaban J connectivity index is 0.00000361. The van der Waals surface area contributed by atoms with E-state index in [1.807, 2.05) is 12.1 Å². The summed E-state index contributed by atoms with van der Waals surface area (Å²) in [7, 11) is -3.55. The zero-order valence-corrected chi connectivity index (χ0v) is 23.7. The highest BCUT2D eigenvalue weighted by Crippen LogP contribution is 2.32. The van der Waals surface area contributed by atoms with Gasteiger partial charge >= 0.3 is 0 Å². The van der Waals surface area contributed by atoms with Gasteiger partial charge < -0.3 is 4.90 Å². The van der Waals surface area contributed by atoms with Gasteiger partial charge in [-0.15, -0.1) is 12.4 Å². The Hall–Kier alpha value is -1.75. The molecule has 0 atom stereocenters. The van der Waals surface area contributed by atoms with Crippen LogP contribution in [0.4, 0.5) is 5.13 Å². The maximum absolute atomic E-state index is 13.6. The smallest absolute Gasteiger partial charge is 0.260 e. The van der Waals surface area contributed by atoms with Gasteiger partial charge in [0.15, 0.2) is 5.13 Å². The fourth-order valence-corrected chi connectivity index (χ4v) is 7.03. The van der Waals surface area contributed by atoms with Crippen LogP contribution in [-0.2, 0) is 10.0 Å². The number of rotatable bonds is 9. The second-order valence-electron chi connectivity index (χ2n) is 8.58. The van der Waals surface area contributed by atoms with Gasteiger partial charge in [-0.25, -0.2) is 13.4 Å². The van der Waals surface area contributed by atoms with Crippen LogP contribution in [0.3, 0.4) is 0 Å². The number of carbonyl (C=O) groups is 1. The summed E-state index contributed by atoms with van der Waals surface area (Å²) in [6, 6.07) is 11.8. The van der Waals surface area contributed by atoms with Crippen LogP contribution in [0.15, 0.2) is 47.4 Å². The molecule has 7 nitrogen and oxygen atoms in total. The van der Waals surface area contributed by atoms with Crippen molar-refractivity contribution in [3.05, 3.63) is 53.1 Å². The number of nitrogens with zero attached hydrogens (tertiary/aromatic N) is 4. The number of hydrogen-bond acceptors (Lipinski definition) is 6. The number of carbonyl (C=O) groups excluding carboxylic acids is 1. The molecule has 3 aromatic rings. The first kappa shape index (κ1) is 28.8. The number of thiazole rings is 1. The van der Waals surface area contributed by atoms with Crippen molar-refractivity contribution in [3.63, 3.8) is 0 Å². The van der Waals surface area contributed by atoms with Crippen molar-refractivity contribution in [1.82, 2.24) is 14.2 Å². The minimum Gasteiger partial charge on any atom is -0.302 e. The van der Waals surface area contributed by atoms with E-state index in [1.165, 1.54) is 27.8 Å². The van der Waals surface area contributed by atoms with Crippen LogP contribution < -0.4 is 4.90 Å². The number of piperidine rings is 1. The number of hydrogen-bond donors (Lipinski definition) is 0. The van der Waals surface area contributed by atoms with Crippen molar-refractivity contribution < 1.29 is 13.2 Å². The summed E-state index contributed by atoms with van der Waals surface area (Å²) in [5, 5.41) is 1.23. The minimum absolute atomic E-state index is 0. The monoisotopic (exact) mass is 570 g/mol. The Morgan fingerprint density at radius 2 is 1.69 bits per heavy atom. The third-order valence-corrected chi connectivity index (χ3v) is 9.59. The van der Waals surface area contributed by atoms with Crippen LogP contribution in [-0.4, -0.2) is 67.8 Å². The SMILES string of the molecule is CCN(CC)CCN(C(=O)c1ccc(S(=O)(=O)N2CCCCC2)cc1)c1nc2ccc(Cl)cc2s1.Cl. The lowest BCUT2D eigenvalue weighted by Crippen LogP contribution is -2.39. The Bertz CT molecular complexity index is 1270. The van der Waals surface area contributed by atoms with Crippen molar-refractivity contribution in [2.75, 3.05) is 44.2 Å². The molecular weight excluding hydrogens is 539 g/mol. The van der Waals surface area contributed by atoms with E-state index in [0.29, 0.717) is 41.9 Å². The van der Waals surface area contributed by atoms with E-state index in [9.17, 15) is 13.2 Å². The molecule has 1 saturated heterocycles. The van der Waals surface area contributed by atoms with Gasteiger partial charge in [0.1, 0.15) is 0 Å². The van der Waals surface area contributed by atoms with Crippen molar-refractivity contribution in [2.45, 2.75) is 38.0 Å². The molecule has 0 unspecified atom stereocenters. The quantitative estimate of drug-likeness (QED) is 0.338. The second-order valence-corrected chi connectivity index (χ2v) is 12.0. The van der Waals surface area contributed by atoms with Gasteiger partial charge in [0.05, 0.1) is 15.1 Å². The molecule has 0 radical (unpaired) electrons. The molecule has 4 rings (SSSR count). The van der Waals surface area contributed by atoms with Crippen molar-refractivity contribution in [1.29, 1.82) is 0 Å². The van der Waals surface area contributed by atoms with Crippen LogP contribution in [0.1, 0.15) is 43.5 Å².